The zero-order valence-corrected chi connectivity index (χ0v) is 14.8. The lowest BCUT2D eigenvalue weighted by Gasteiger charge is -2.38. The van der Waals surface area contributed by atoms with Crippen LogP contribution in [0.15, 0.2) is 18.2 Å². The third-order valence-corrected chi connectivity index (χ3v) is 5.37. The maximum Gasteiger partial charge on any atom is 0.404 e. The van der Waals surface area contributed by atoms with Crippen molar-refractivity contribution >= 4 is 17.7 Å². The fourth-order valence-corrected chi connectivity index (χ4v) is 3.70. The maximum absolute atomic E-state index is 10.8. The first-order valence-electron chi connectivity index (χ1n) is 8.65. The van der Waals surface area contributed by atoms with Gasteiger partial charge in [0, 0.05) is 17.5 Å². The molecular formula is C18H25ClN2O3. The average molecular weight is 353 g/mol. The molecule has 24 heavy (non-hydrogen) atoms. The minimum absolute atomic E-state index is 0.148. The van der Waals surface area contributed by atoms with Crippen molar-refractivity contribution in [2.75, 3.05) is 13.1 Å². The predicted octanol–water partition coefficient (Wildman–Crippen LogP) is 3.58. The minimum atomic E-state index is -0.716. The van der Waals surface area contributed by atoms with Crippen LogP contribution in [0.2, 0.25) is 5.02 Å². The Morgan fingerprint density at radius 1 is 1.38 bits per heavy atom. The predicted molar refractivity (Wildman–Crippen MR) is 93.2 cm³/mol. The number of benzene rings is 1. The summed E-state index contributed by atoms with van der Waals surface area (Å²) in [5, 5.41) is 0.765. The molecule has 0 bridgehead atoms. The van der Waals surface area contributed by atoms with Crippen LogP contribution in [0, 0.1) is 5.92 Å². The maximum atomic E-state index is 10.8. The fourth-order valence-electron chi connectivity index (χ4n) is 3.47. The zero-order chi connectivity index (χ0) is 17.1. The lowest BCUT2D eigenvalue weighted by molar-refractivity contribution is -0.0137. The van der Waals surface area contributed by atoms with Gasteiger partial charge >= 0.3 is 6.09 Å². The smallest absolute Gasteiger partial charge is 0.404 e. The number of carbonyl (C=O) groups is 1. The number of amides is 1. The van der Waals surface area contributed by atoms with Crippen molar-refractivity contribution in [3.63, 3.8) is 0 Å². The Bertz CT molecular complexity index is 584. The van der Waals surface area contributed by atoms with Crippen LogP contribution in [-0.2, 0) is 11.3 Å². The monoisotopic (exact) mass is 352 g/mol. The molecule has 5 nitrogen and oxygen atoms in total. The molecular weight excluding hydrogens is 328 g/mol. The number of hydrogen-bond donors (Lipinski definition) is 1. The molecule has 3 rings (SSSR count). The number of ether oxygens (including phenoxy) is 2. The molecule has 1 atom stereocenters. The van der Waals surface area contributed by atoms with Crippen molar-refractivity contribution in [2.24, 2.45) is 11.7 Å². The van der Waals surface area contributed by atoms with Crippen molar-refractivity contribution in [3.05, 3.63) is 28.8 Å². The van der Waals surface area contributed by atoms with Crippen LogP contribution < -0.4 is 10.5 Å². The molecule has 2 aliphatic rings. The van der Waals surface area contributed by atoms with E-state index >= 15 is 0 Å². The van der Waals surface area contributed by atoms with Gasteiger partial charge in [0.2, 0.25) is 0 Å². The van der Waals surface area contributed by atoms with Crippen LogP contribution in [0.4, 0.5) is 4.79 Å². The Balaban J connectivity index is 1.48. The Morgan fingerprint density at radius 3 is 2.71 bits per heavy atom. The first kappa shape index (κ1) is 17.4. The van der Waals surface area contributed by atoms with Crippen LogP contribution in [0.25, 0.3) is 0 Å². The summed E-state index contributed by atoms with van der Waals surface area (Å²) in [7, 11) is 0. The van der Waals surface area contributed by atoms with E-state index in [2.05, 4.69) is 11.0 Å². The van der Waals surface area contributed by atoms with E-state index in [1.54, 1.807) is 0 Å². The van der Waals surface area contributed by atoms with Crippen LogP contribution in [-0.4, -0.2) is 36.3 Å². The van der Waals surface area contributed by atoms with Gasteiger partial charge in [-0.15, -0.1) is 0 Å². The third-order valence-electron chi connectivity index (χ3n) is 5.02. The van der Waals surface area contributed by atoms with E-state index in [4.69, 9.17) is 26.8 Å². The summed E-state index contributed by atoms with van der Waals surface area (Å²) in [6, 6.07) is 5.96. The van der Waals surface area contributed by atoms with Crippen LogP contribution >= 0.6 is 11.6 Å². The summed E-state index contributed by atoms with van der Waals surface area (Å²) < 4.78 is 11.0. The summed E-state index contributed by atoms with van der Waals surface area (Å²) in [5.74, 6) is 1.12. The molecule has 2 N–H and O–H groups in total. The molecule has 1 heterocycles. The van der Waals surface area contributed by atoms with E-state index in [9.17, 15) is 4.79 Å². The molecule has 1 aromatic carbocycles. The van der Waals surface area contributed by atoms with Gasteiger partial charge in [-0.25, -0.2) is 4.79 Å². The summed E-state index contributed by atoms with van der Waals surface area (Å²) in [4.78, 5) is 13.2. The molecule has 1 saturated carbocycles. The van der Waals surface area contributed by atoms with Gasteiger partial charge in [0.25, 0.3) is 0 Å². The second-order valence-electron chi connectivity index (χ2n) is 6.85. The molecule has 0 spiro atoms. The average Bonchev–Trinajstić information content (AvgIpc) is 2.97. The van der Waals surface area contributed by atoms with Crippen molar-refractivity contribution in [1.82, 2.24) is 4.90 Å². The molecule has 1 unspecified atom stereocenters. The minimum Gasteiger partial charge on any atom is -0.490 e. The van der Waals surface area contributed by atoms with Crippen LogP contribution in [0.1, 0.15) is 38.2 Å². The van der Waals surface area contributed by atoms with Gasteiger partial charge in [0.1, 0.15) is 11.9 Å². The van der Waals surface area contributed by atoms with E-state index in [0.29, 0.717) is 5.92 Å². The van der Waals surface area contributed by atoms with E-state index in [1.807, 2.05) is 19.1 Å². The van der Waals surface area contributed by atoms with Gasteiger partial charge < -0.3 is 15.2 Å². The van der Waals surface area contributed by atoms with Crippen molar-refractivity contribution in [3.8, 4) is 5.75 Å². The number of nitrogens with zero attached hydrogens (tertiary/aromatic N) is 1. The largest absolute Gasteiger partial charge is 0.490 e. The highest BCUT2D eigenvalue weighted by Crippen LogP contribution is 2.36. The van der Waals surface area contributed by atoms with E-state index < -0.39 is 6.09 Å². The number of likely N-dealkylation sites (tertiary alicyclic amines) is 1. The number of rotatable bonds is 6. The topological polar surface area (TPSA) is 64.8 Å². The Kier molecular flexibility index (Phi) is 5.51. The molecule has 1 aromatic rings. The Hall–Kier alpha value is -1.46. The molecule has 0 aromatic heterocycles. The summed E-state index contributed by atoms with van der Waals surface area (Å²) in [5.41, 5.74) is 6.20. The fraction of sp³-hybridized carbons (Fsp3) is 0.611. The normalized spacial score (nSPS) is 25.1. The number of nitrogens with two attached hydrogens (primary N) is 1. The molecule has 1 aliphatic heterocycles. The summed E-state index contributed by atoms with van der Waals surface area (Å²) >= 11 is 6.41. The molecule has 1 amide bonds. The first-order chi connectivity index (χ1) is 11.5. The molecule has 2 fully saturated rings. The molecule has 0 radical (unpaired) electrons. The van der Waals surface area contributed by atoms with Gasteiger partial charge in [0.15, 0.2) is 0 Å². The van der Waals surface area contributed by atoms with E-state index in [0.717, 1.165) is 48.8 Å². The SMILES string of the molecule is CC(OC(N)=O)[C@H]1C[C@H](Oc2ccc(CN3CCCC3)c(Cl)c2)C1. The van der Waals surface area contributed by atoms with Gasteiger partial charge in [-0.1, -0.05) is 17.7 Å². The highest BCUT2D eigenvalue weighted by Gasteiger charge is 2.36. The lowest BCUT2D eigenvalue weighted by Crippen LogP contribution is -2.41. The van der Waals surface area contributed by atoms with Gasteiger partial charge in [-0.3, -0.25) is 4.90 Å². The van der Waals surface area contributed by atoms with Crippen LogP contribution in [0.3, 0.4) is 0 Å². The second-order valence-corrected chi connectivity index (χ2v) is 7.26. The number of primary amides is 1. The number of carbonyl (C=O) groups excluding carboxylic acids is 1. The van der Waals surface area contributed by atoms with Crippen molar-refractivity contribution in [1.29, 1.82) is 0 Å². The number of halogens is 1. The van der Waals surface area contributed by atoms with E-state index in [1.165, 1.54) is 12.8 Å². The van der Waals surface area contributed by atoms with Gasteiger partial charge in [0.05, 0.1) is 6.10 Å². The quantitative estimate of drug-likeness (QED) is 0.849. The first-order valence-corrected chi connectivity index (χ1v) is 9.02. The zero-order valence-electron chi connectivity index (χ0n) is 14.0. The summed E-state index contributed by atoms with van der Waals surface area (Å²) in [6.45, 7) is 5.09. The number of hydrogen-bond acceptors (Lipinski definition) is 4. The Labute approximate surface area is 148 Å². The van der Waals surface area contributed by atoms with Crippen LogP contribution in [0.5, 0.6) is 5.75 Å². The van der Waals surface area contributed by atoms with Gasteiger partial charge in [-0.2, -0.15) is 0 Å². The highest BCUT2D eigenvalue weighted by molar-refractivity contribution is 6.31. The lowest BCUT2D eigenvalue weighted by atomic mass is 9.79. The van der Waals surface area contributed by atoms with Crippen molar-refractivity contribution in [2.45, 2.75) is 51.4 Å². The van der Waals surface area contributed by atoms with Gasteiger partial charge in [-0.05, 0) is 63.4 Å². The molecule has 6 heteroatoms. The second kappa shape index (κ2) is 7.62. The third kappa shape index (κ3) is 4.33. The Morgan fingerprint density at radius 2 is 2.08 bits per heavy atom. The molecule has 1 saturated heterocycles. The van der Waals surface area contributed by atoms with Crippen molar-refractivity contribution < 1.29 is 14.3 Å². The molecule has 132 valence electrons. The standard InChI is InChI=1S/C18H25ClN2O3/c1-12(23-18(20)22)14-8-16(9-14)24-15-5-4-13(17(19)10-15)11-21-6-2-3-7-21/h4-5,10,12,14,16H,2-3,6-9,11H2,1H3,(H2,20,22)/t12?,14-,16-. The van der Waals surface area contributed by atoms with E-state index in [-0.39, 0.29) is 12.2 Å². The molecule has 1 aliphatic carbocycles. The highest BCUT2D eigenvalue weighted by atomic mass is 35.5. The summed E-state index contributed by atoms with van der Waals surface area (Å²) in [6.07, 6.45) is 3.55.